The molecule has 0 spiro atoms. The fraction of sp³-hybridized carbons (Fsp3) is 0.656. The molecule has 1 aromatic carbocycles. The highest BCUT2D eigenvalue weighted by Crippen LogP contribution is 2.26. The first-order valence-corrected chi connectivity index (χ1v) is 16.1. The molecule has 256 valence electrons. The number of aromatic nitrogens is 2. The van der Waals surface area contributed by atoms with Crippen molar-refractivity contribution in [3.63, 3.8) is 0 Å². The van der Waals surface area contributed by atoms with Gasteiger partial charge in [0.1, 0.15) is 35.7 Å². The van der Waals surface area contributed by atoms with Crippen LogP contribution in [0.4, 0.5) is 14.7 Å². The number of hydrogen-bond donors (Lipinski definition) is 6. The van der Waals surface area contributed by atoms with Crippen LogP contribution >= 0.6 is 0 Å². The van der Waals surface area contributed by atoms with Crippen LogP contribution in [-0.2, 0) is 17.6 Å². The largest absolute Gasteiger partial charge is 0.493 e. The van der Waals surface area contributed by atoms with Crippen molar-refractivity contribution in [2.45, 2.75) is 69.9 Å². The summed E-state index contributed by atoms with van der Waals surface area (Å²) in [4.78, 5) is 25.3. The number of carbonyl (C=O) groups excluding carboxylic acids is 1. The SMILES string of the molecule is CCc1cnc(N2CCC(CCCOc3cc(F)c(CC(=O)N4CC(CNC[C@H](O)[C@@H](O)[C@H](O)C(O)CO)C4)c(F)c3)CC2)nc1. The van der Waals surface area contributed by atoms with E-state index in [1.165, 1.54) is 4.90 Å². The second-order valence-corrected chi connectivity index (χ2v) is 12.3. The van der Waals surface area contributed by atoms with E-state index in [0.29, 0.717) is 32.2 Å². The van der Waals surface area contributed by atoms with Gasteiger partial charge in [0.15, 0.2) is 0 Å². The van der Waals surface area contributed by atoms with Gasteiger partial charge in [0, 0.05) is 75.3 Å². The summed E-state index contributed by atoms with van der Waals surface area (Å²) in [7, 11) is 0. The number of amides is 1. The van der Waals surface area contributed by atoms with Crippen LogP contribution in [-0.4, -0.2) is 123 Å². The van der Waals surface area contributed by atoms with Gasteiger partial charge in [-0.05, 0) is 43.6 Å². The number of hydrogen-bond acceptors (Lipinski definition) is 11. The van der Waals surface area contributed by atoms with Crippen LogP contribution in [0, 0.1) is 23.5 Å². The third-order valence-corrected chi connectivity index (χ3v) is 8.89. The monoisotopic (exact) mass is 651 g/mol. The first-order valence-electron chi connectivity index (χ1n) is 16.1. The Morgan fingerprint density at radius 1 is 1.02 bits per heavy atom. The van der Waals surface area contributed by atoms with Crippen LogP contribution in [0.1, 0.15) is 43.7 Å². The standard InChI is InChI=1S/C32H47F2N5O7/c1-2-20-14-36-32(37-15-20)38-7-5-21(6-8-38)4-3-9-46-23-10-25(33)24(26(34)11-23)12-29(43)39-17-22(18-39)13-35-16-27(41)30(44)31(45)28(42)19-40/h10-11,14-15,21-22,27-28,30-31,35,40-42,44-45H,2-9,12-13,16-19H2,1H3/t27-,28?,30+,31+/m0/s1. The summed E-state index contributed by atoms with van der Waals surface area (Å²) in [5.74, 6) is -0.633. The molecule has 4 rings (SSSR count). The Kier molecular flexibility index (Phi) is 13.4. The second kappa shape index (κ2) is 17.2. The third kappa shape index (κ3) is 9.75. The lowest BCUT2D eigenvalue weighted by molar-refractivity contribution is -0.136. The zero-order valence-corrected chi connectivity index (χ0v) is 26.3. The van der Waals surface area contributed by atoms with Gasteiger partial charge in [-0.3, -0.25) is 4.79 Å². The highest BCUT2D eigenvalue weighted by Gasteiger charge is 2.33. The minimum atomic E-state index is -1.70. The van der Waals surface area contributed by atoms with Gasteiger partial charge in [-0.1, -0.05) is 6.92 Å². The minimum Gasteiger partial charge on any atom is -0.493 e. The molecule has 6 N–H and O–H groups in total. The number of benzene rings is 1. The number of aliphatic hydroxyl groups excluding tert-OH is 5. The number of halogens is 2. The Bertz CT molecular complexity index is 1220. The van der Waals surface area contributed by atoms with E-state index < -0.39 is 55.0 Å². The topological polar surface area (TPSA) is 172 Å². The van der Waals surface area contributed by atoms with Gasteiger partial charge >= 0.3 is 0 Å². The summed E-state index contributed by atoms with van der Waals surface area (Å²) in [5.41, 5.74) is 0.810. The number of rotatable bonds is 17. The van der Waals surface area contributed by atoms with Crippen molar-refractivity contribution in [1.29, 1.82) is 0 Å². The van der Waals surface area contributed by atoms with Crippen molar-refractivity contribution in [3.8, 4) is 5.75 Å². The number of nitrogens with zero attached hydrogens (tertiary/aromatic N) is 4. The molecule has 0 radical (unpaired) electrons. The van der Waals surface area contributed by atoms with Crippen LogP contribution in [0.5, 0.6) is 5.75 Å². The predicted octanol–water partition coefficient (Wildman–Crippen LogP) is 0.419. The van der Waals surface area contributed by atoms with E-state index in [1.54, 1.807) is 0 Å². The van der Waals surface area contributed by atoms with E-state index in [4.69, 9.17) is 9.84 Å². The molecule has 1 amide bonds. The quantitative estimate of drug-likeness (QED) is 0.131. The molecule has 2 aromatic rings. The maximum absolute atomic E-state index is 14.8. The van der Waals surface area contributed by atoms with Crippen LogP contribution in [0.25, 0.3) is 0 Å². The summed E-state index contributed by atoms with van der Waals surface area (Å²) in [6.07, 6.45) is 1.67. The molecule has 4 atom stereocenters. The van der Waals surface area contributed by atoms with Gasteiger partial charge in [-0.15, -0.1) is 0 Å². The lowest BCUT2D eigenvalue weighted by Crippen LogP contribution is -2.55. The van der Waals surface area contributed by atoms with Gasteiger partial charge in [-0.25, -0.2) is 18.7 Å². The van der Waals surface area contributed by atoms with Crippen LogP contribution in [0.15, 0.2) is 24.5 Å². The smallest absolute Gasteiger partial charge is 0.227 e. The number of nitrogens with one attached hydrogen (secondary N) is 1. The molecule has 2 aliphatic rings. The number of aryl methyl sites for hydroxylation is 1. The fourth-order valence-corrected chi connectivity index (χ4v) is 5.79. The molecular weight excluding hydrogens is 604 g/mol. The average Bonchev–Trinajstić information content (AvgIpc) is 3.04. The molecule has 2 fully saturated rings. The van der Waals surface area contributed by atoms with Crippen molar-refractivity contribution < 1.29 is 43.8 Å². The molecule has 0 saturated carbocycles. The number of likely N-dealkylation sites (tertiary alicyclic amines) is 1. The number of anilines is 1. The van der Waals surface area contributed by atoms with Crippen molar-refractivity contribution in [3.05, 3.63) is 47.3 Å². The number of aliphatic hydroxyl groups is 5. The highest BCUT2D eigenvalue weighted by atomic mass is 19.1. The van der Waals surface area contributed by atoms with Crippen molar-refractivity contribution in [2.75, 3.05) is 57.4 Å². The summed E-state index contributed by atoms with van der Waals surface area (Å²) in [6, 6.07) is 2.24. The number of piperidine rings is 1. The van der Waals surface area contributed by atoms with Crippen LogP contribution in [0.2, 0.25) is 0 Å². The van der Waals surface area contributed by atoms with E-state index in [1.807, 2.05) is 12.4 Å². The highest BCUT2D eigenvalue weighted by molar-refractivity contribution is 5.79. The molecule has 1 aromatic heterocycles. The van der Waals surface area contributed by atoms with Crippen molar-refractivity contribution in [2.24, 2.45) is 11.8 Å². The van der Waals surface area contributed by atoms with Gasteiger partial charge in [0.05, 0.1) is 25.7 Å². The maximum atomic E-state index is 14.8. The summed E-state index contributed by atoms with van der Waals surface area (Å²) in [6.45, 7) is 4.46. The third-order valence-electron chi connectivity index (χ3n) is 8.89. The van der Waals surface area contributed by atoms with Crippen LogP contribution in [0.3, 0.4) is 0 Å². The molecule has 0 aliphatic carbocycles. The molecule has 46 heavy (non-hydrogen) atoms. The summed E-state index contributed by atoms with van der Waals surface area (Å²) < 4.78 is 35.2. The summed E-state index contributed by atoms with van der Waals surface area (Å²) in [5, 5.41) is 50.6. The van der Waals surface area contributed by atoms with Gasteiger partial charge in [-0.2, -0.15) is 0 Å². The lowest BCUT2D eigenvalue weighted by Gasteiger charge is -2.39. The maximum Gasteiger partial charge on any atom is 0.227 e. The Balaban J connectivity index is 1.11. The molecule has 12 nitrogen and oxygen atoms in total. The molecule has 14 heteroatoms. The first kappa shape index (κ1) is 35.8. The molecule has 1 unspecified atom stereocenters. The molecule has 2 aliphatic heterocycles. The Morgan fingerprint density at radius 3 is 2.26 bits per heavy atom. The molecular formula is C32H47F2N5O7. The zero-order valence-electron chi connectivity index (χ0n) is 26.3. The molecule has 2 saturated heterocycles. The van der Waals surface area contributed by atoms with Gasteiger partial charge in [0.25, 0.3) is 0 Å². The van der Waals surface area contributed by atoms with E-state index >= 15 is 0 Å². The van der Waals surface area contributed by atoms with E-state index in [0.717, 1.165) is 68.8 Å². The molecule has 3 heterocycles. The van der Waals surface area contributed by atoms with Gasteiger partial charge in [0.2, 0.25) is 11.9 Å². The Morgan fingerprint density at radius 2 is 1.65 bits per heavy atom. The second-order valence-electron chi connectivity index (χ2n) is 12.3. The Labute approximate surface area is 268 Å². The minimum absolute atomic E-state index is 0.0335. The summed E-state index contributed by atoms with van der Waals surface area (Å²) >= 11 is 0. The van der Waals surface area contributed by atoms with E-state index in [2.05, 4.69) is 27.1 Å². The van der Waals surface area contributed by atoms with E-state index in [9.17, 15) is 34.0 Å². The normalized spacial score (nSPS) is 18.6. The van der Waals surface area contributed by atoms with Gasteiger partial charge < -0.3 is 45.4 Å². The zero-order chi connectivity index (χ0) is 33.2. The number of ether oxygens (including phenoxy) is 1. The average molecular weight is 652 g/mol. The first-order chi connectivity index (χ1) is 22.1. The van der Waals surface area contributed by atoms with Crippen molar-refractivity contribution in [1.82, 2.24) is 20.2 Å². The Hall–Kier alpha value is -3.01. The molecule has 0 bridgehead atoms. The van der Waals surface area contributed by atoms with E-state index in [-0.39, 0.29) is 23.8 Å². The van der Waals surface area contributed by atoms with Crippen LogP contribution < -0.4 is 15.0 Å². The predicted molar refractivity (Wildman–Crippen MR) is 165 cm³/mol. The fourth-order valence-electron chi connectivity index (χ4n) is 5.79. The van der Waals surface area contributed by atoms with Crippen molar-refractivity contribution >= 4 is 11.9 Å². The lowest BCUT2D eigenvalue weighted by atomic mass is 9.92. The number of carbonyl (C=O) groups is 1.